The van der Waals surface area contributed by atoms with Gasteiger partial charge in [0, 0.05) is 26.3 Å². The van der Waals surface area contributed by atoms with Crippen molar-refractivity contribution in [3.05, 3.63) is 11.9 Å². The molecule has 0 radical (unpaired) electrons. The summed E-state index contributed by atoms with van der Waals surface area (Å²) in [6, 6.07) is 0. The molecule has 1 heterocycles. The molecule has 3 N–H and O–H groups in total. The molecule has 0 saturated carbocycles. The molecule has 1 atom stereocenters. The second-order valence-corrected chi connectivity index (χ2v) is 3.44. The highest BCUT2D eigenvalue weighted by molar-refractivity contribution is 5.56. The van der Waals surface area contributed by atoms with Crippen molar-refractivity contribution < 1.29 is 9.84 Å². The van der Waals surface area contributed by atoms with E-state index in [9.17, 15) is 5.11 Å². The number of hydrogen-bond acceptors (Lipinski definition) is 6. The van der Waals surface area contributed by atoms with Crippen LogP contribution in [0.3, 0.4) is 0 Å². The van der Waals surface area contributed by atoms with Crippen LogP contribution in [0.5, 0.6) is 0 Å². The fourth-order valence-electron chi connectivity index (χ4n) is 1.35. The quantitative estimate of drug-likeness (QED) is 0.645. The summed E-state index contributed by atoms with van der Waals surface area (Å²) in [5, 5.41) is 15.5. The molecule has 0 aliphatic heterocycles. The number of ether oxygens (including phenoxy) is 1. The van der Waals surface area contributed by atoms with Crippen LogP contribution in [0.2, 0.25) is 0 Å². The standard InChI is InChI=1S/C10H18N4O2/c1-7-9(11-2)13-6-14-10(7)12-4-8(15)5-16-3/h6,8,15H,4-5H2,1-3H3,(H2,11,12,13,14). The predicted octanol–water partition coefficient (Wildman–Crippen LogP) is 0.246. The zero-order valence-electron chi connectivity index (χ0n) is 9.82. The van der Waals surface area contributed by atoms with E-state index in [0.717, 1.165) is 17.2 Å². The fraction of sp³-hybridized carbons (Fsp3) is 0.600. The van der Waals surface area contributed by atoms with Gasteiger partial charge in [-0.05, 0) is 6.92 Å². The first kappa shape index (κ1) is 12.7. The van der Waals surface area contributed by atoms with Crippen LogP contribution >= 0.6 is 0 Å². The van der Waals surface area contributed by atoms with E-state index in [2.05, 4.69) is 20.6 Å². The van der Waals surface area contributed by atoms with Crippen molar-refractivity contribution >= 4 is 11.6 Å². The normalized spacial score (nSPS) is 12.2. The number of methoxy groups -OCH3 is 1. The molecule has 90 valence electrons. The Bertz CT molecular complexity index is 333. The maximum atomic E-state index is 9.48. The highest BCUT2D eigenvalue weighted by Gasteiger charge is 2.07. The lowest BCUT2D eigenvalue weighted by Gasteiger charge is -2.13. The molecule has 1 aromatic rings. The molecule has 0 bridgehead atoms. The summed E-state index contributed by atoms with van der Waals surface area (Å²) >= 11 is 0. The van der Waals surface area contributed by atoms with E-state index < -0.39 is 6.10 Å². The Labute approximate surface area is 95.1 Å². The van der Waals surface area contributed by atoms with Crippen LogP contribution in [0, 0.1) is 6.92 Å². The van der Waals surface area contributed by atoms with Crippen molar-refractivity contribution in [2.75, 3.05) is 37.9 Å². The molecule has 6 nitrogen and oxygen atoms in total. The lowest BCUT2D eigenvalue weighted by atomic mass is 10.3. The van der Waals surface area contributed by atoms with Gasteiger partial charge in [-0.1, -0.05) is 0 Å². The molecule has 1 rings (SSSR count). The number of anilines is 2. The zero-order valence-corrected chi connectivity index (χ0v) is 9.82. The molecule has 0 aliphatic rings. The minimum absolute atomic E-state index is 0.302. The predicted molar refractivity (Wildman–Crippen MR) is 62.7 cm³/mol. The molecule has 1 aromatic heterocycles. The molecule has 0 aliphatic carbocycles. The average molecular weight is 226 g/mol. The maximum absolute atomic E-state index is 9.48. The molecular formula is C10H18N4O2. The van der Waals surface area contributed by atoms with Crippen molar-refractivity contribution in [1.82, 2.24) is 9.97 Å². The summed E-state index contributed by atoms with van der Waals surface area (Å²) in [7, 11) is 3.36. The number of nitrogens with one attached hydrogen (secondary N) is 2. The van der Waals surface area contributed by atoms with E-state index in [1.807, 2.05) is 6.92 Å². The molecule has 0 spiro atoms. The lowest BCUT2D eigenvalue weighted by molar-refractivity contribution is 0.0727. The van der Waals surface area contributed by atoms with Gasteiger partial charge in [0.1, 0.15) is 18.0 Å². The fourth-order valence-corrected chi connectivity index (χ4v) is 1.35. The summed E-state index contributed by atoms with van der Waals surface area (Å²) in [5.74, 6) is 1.49. The van der Waals surface area contributed by atoms with Crippen molar-refractivity contribution in [1.29, 1.82) is 0 Å². The van der Waals surface area contributed by atoms with Crippen molar-refractivity contribution in [3.8, 4) is 0 Å². The Kier molecular flexibility index (Phi) is 4.94. The van der Waals surface area contributed by atoms with Gasteiger partial charge in [0.2, 0.25) is 0 Å². The zero-order chi connectivity index (χ0) is 12.0. The first-order valence-electron chi connectivity index (χ1n) is 5.09. The van der Waals surface area contributed by atoms with Crippen LogP contribution in [-0.2, 0) is 4.74 Å². The lowest BCUT2D eigenvalue weighted by Crippen LogP contribution is -2.25. The molecule has 0 aromatic carbocycles. The van der Waals surface area contributed by atoms with Crippen LogP contribution in [0.25, 0.3) is 0 Å². The van der Waals surface area contributed by atoms with Gasteiger partial charge in [-0.3, -0.25) is 0 Å². The van der Waals surface area contributed by atoms with Crippen LogP contribution in [0.1, 0.15) is 5.56 Å². The molecule has 16 heavy (non-hydrogen) atoms. The maximum Gasteiger partial charge on any atom is 0.134 e. The van der Waals surface area contributed by atoms with Crippen molar-refractivity contribution in [3.63, 3.8) is 0 Å². The third-order valence-corrected chi connectivity index (χ3v) is 2.19. The largest absolute Gasteiger partial charge is 0.389 e. The number of hydrogen-bond donors (Lipinski definition) is 3. The Balaban J connectivity index is 2.60. The second-order valence-electron chi connectivity index (χ2n) is 3.44. The highest BCUT2D eigenvalue weighted by Crippen LogP contribution is 2.17. The number of aliphatic hydroxyl groups excluding tert-OH is 1. The van der Waals surface area contributed by atoms with Gasteiger partial charge in [-0.2, -0.15) is 0 Å². The van der Waals surface area contributed by atoms with Gasteiger partial charge < -0.3 is 20.5 Å². The first-order chi connectivity index (χ1) is 7.69. The van der Waals surface area contributed by atoms with E-state index >= 15 is 0 Å². The molecular weight excluding hydrogens is 208 g/mol. The molecule has 0 saturated heterocycles. The number of rotatable bonds is 6. The van der Waals surface area contributed by atoms with E-state index in [4.69, 9.17) is 4.74 Å². The average Bonchev–Trinajstić information content (AvgIpc) is 2.28. The van der Waals surface area contributed by atoms with Crippen molar-refractivity contribution in [2.24, 2.45) is 0 Å². The van der Waals surface area contributed by atoms with Gasteiger partial charge in [-0.15, -0.1) is 0 Å². The van der Waals surface area contributed by atoms with E-state index in [1.54, 1.807) is 14.2 Å². The van der Waals surface area contributed by atoms with E-state index in [0.29, 0.717) is 13.2 Å². The number of aliphatic hydroxyl groups is 1. The van der Waals surface area contributed by atoms with Crippen molar-refractivity contribution in [2.45, 2.75) is 13.0 Å². The molecule has 0 fully saturated rings. The van der Waals surface area contributed by atoms with Crippen LogP contribution in [0.4, 0.5) is 11.6 Å². The third-order valence-electron chi connectivity index (χ3n) is 2.19. The SMILES string of the molecule is CNc1ncnc(NCC(O)COC)c1C. The Morgan fingerprint density at radius 3 is 2.75 bits per heavy atom. The van der Waals surface area contributed by atoms with Gasteiger partial charge >= 0.3 is 0 Å². The van der Waals surface area contributed by atoms with E-state index in [-0.39, 0.29) is 0 Å². The molecule has 1 unspecified atom stereocenters. The smallest absolute Gasteiger partial charge is 0.134 e. The summed E-state index contributed by atoms with van der Waals surface area (Å²) in [5.41, 5.74) is 0.926. The van der Waals surface area contributed by atoms with Gasteiger partial charge in [0.15, 0.2) is 0 Å². The highest BCUT2D eigenvalue weighted by atomic mass is 16.5. The van der Waals surface area contributed by atoms with Gasteiger partial charge in [0.25, 0.3) is 0 Å². The topological polar surface area (TPSA) is 79.3 Å². The van der Waals surface area contributed by atoms with Crippen LogP contribution < -0.4 is 10.6 Å². The Morgan fingerprint density at radius 1 is 1.44 bits per heavy atom. The minimum Gasteiger partial charge on any atom is -0.389 e. The monoisotopic (exact) mass is 226 g/mol. The number of nitrogens with zero attached hydrogens (tertiary/aromatic N) is 2. The van der Waals surface area contributed by atoms with Crippen LogP contribution in [-0.4, -0.2) is 48.5 Å². The summed E-state index contributed by atoms with van der Waals surface area (Å²) < 4.78 is 4.83. The molecule has 0 amide bonds. The minimum atomic E-state index is -0.544. The van der Waals surface area contributed by atoms with E-state index in [1.165, 1.54) is 6.33 Å². The second kappa shape index (κ2) is 6.24. The first-order valence-corrected chi connectivity index (χ1v) is 5.09. The van der Waals surface area contributed by atoms with Gasteiger partial charge in [-0.25, -0.2) is 9.97 Å². The van der Waals surface area contributed by atoms with Crippen LogP contribution in [0.15, 0.2) is 6.33 Å². The Hall–Kier alpha value is -1.40. The Morgan fingerprint density at radius 2 is 2.12 bits per heavy atom. The summed E-state index contributed by atoms with van der Waals surface area (Å²) in [6.07, 6.45) is 0.932. The third kappa shape index (κ3) is 3.32. The number of aromatic nitrogens is 2. The summed E-state index contributed by atoms with van der Waals surface area (Å²) in [4.78, 5) is 8.18. The van der Waals surface area contributed by atoms with Gasteiger partial charge in [0.05, 0.1) is 12.7 Å². The summed E-state index contributed by atoms with van der Waals surface area (Å²) in [6.45, 7) is 2.61. The molecule has 6 heteroatoms.